The fraction of sp³-hybridized carbons (Fsp3) is 0.351. The van der Waals surface area contributed by atoms with Crippen LogP contribution >= 0.6 is 23.2 Å². The van der Waals surface area contributed by atoms with Gasteiger partial charge in [0.25, 0.3) is 0 Å². The van der Waals surface area contributed by atoms with E-state index in [1.54, 1.807) is 34.0 Å². The Kier molecular flexibility index (Phi) is 10.7. The number of nitrogens with zero attached hydrogens (tertiary/aromatic N) is 8. The molecule has 2 atom stereocenters. The Morgan fingerprint density at radius 2 is 1.61 bits per heavy atom. The first-order valence-electron chi connectivity index (χ1n) is 17.1. The molecule has 0 bridgehead atoms. The van der Waals surface area contributed by atoms with Crippen molar-refractivity contribution in [1.82, 2.24) is 29.1 Å². The highest BCUT2D eigenvalue weighted by Gasteiger charge is 2.45. The molecule has 0 radical (unpaired) electrons. The van der Waals surface area contributed by atoms with Gasteiger partial charge in [0.05, 0.1) is 17.3 Å². The maximum atomic E-state index is 12.8. The van der Waals surface area contributed by atoms with Crippen molar-refractivity contribution in [3.63, 3.8) is 0 Å². The number of aromatic nitrogens is 6. The molecule has 51 heavy (non-hydrogen) atoms. The molecule has 0 saturated carbocycles. The average molecular weight is 732 g/mol. The summed E-state index contributed by atoms with van der Waals surface area (Å²) in [7, 11) is 0. The minimum Gasteiger partial charge on any atom is -0.491 e. The second kappa shape index (κ2) is 15.7. The molecule has 4 heterocycles. The molecule has 2 unspecified atom stereocenters. The topological polar surface area (TPSA) is 105 Å². The van der Waals surface area contributed by atoms with Crippen LogP contribution in [-0.4, -0.2) is 74.6 Å². The second-order valence-corrected chi connectivity index (χ2v) is 13.3. The van der Waals surface area contributed by atoms with E-state index in [4.69, 9.17) is 37.4 Å². The Bertz CT molecular complexity index is 1970. The summed E-state index contributed by atoms with van der Waals surface area (Å²) in [6, 6.07) is 21.5. The lowest BCUT2D eigenvalue weighted by molar-refractivity contribution is -0.190. The number of benzene rings is 3. The maximum absolute atomic E-state index is 12.8. The molecule has 3 aromatic carbocycles. The van der Waals surface area contributed by atoms with Gasteiger partial charge in [0.15, 0.2) is 0 Å². The van der Waals surface area contributed by atoms with Gasteiger partial charge in [-0.05, 0) is 73.5 Å². The Morgan fingerprint density at radius 3 is 2.27 bits per heavy atom. The van der Waals surface area contributed by atoms with Gasteiger partial charge >= 0.3 is 5.69 Å². The number of ether oxygens (including phenoxy) is 3. The van der Waals surface area contributed by atoms with E-state index in [1.165, 1.54) is 11.0 Å². The minimum absolute atomic E-state index is 0.125. The molecule has 2 aromatic heterocycles. The van der Waals surface area contributed by atoms with Crippen molar-refractivity contribution >= 4 is 34.6 Å². The van der Waals surface area contributed by atoms with Crippen molar-refractivity contribution in [2.45, 2.75) is 44.7 Å². The number of anilines is 2. The molecule has 0 aliphatic carbocycles. The van der Waals surface area contributed by atoms with E-state index in [9.17, 15) is 4.79 Å². The van der Waals surface area contributed by atoms with Crippen molar-refractivity contribution in [3.8, 4) is 11.4 Å². The second-order valence-electron chi connectivity index (χ2n) is 12.5. The smallest absolute Gasteiger partial charge is 0.350 e. The number of allylic oxidation sites excluding steroid dienone is 2. The summed E-state index contributed by atoms with van der Waals surface area (Å²) in [5.74, 6) is -0.413. The zero-order chi connectivity index (χ0) is 35.2. The lowest BCUT2D eigenvalue weighted by Crippen LogP contribution is -2.46. The highest BCUT2D eigenvalue weighted by atomic mass is 35.5. The van der Waals surface area contributed by atoms with Crippen LogP contribution in [0.3, 0.4) is 0 Å². The lowest BCUT2D eigenvalue weighted by Gasteiger charge is -2.37. The number of rotatable bonds is 13. The molecule has 2 saturated heterocycles. The van der Waals surface area contributed by atoms with E-state index in [-0.39, 0.29) is 18.3 Å². The predicted molar refractivity (Wildman–Crippen MR) is 197 cm³/mol. The largest absolute Gasteiger partial charge is 0.491 e. The standard InChI is InChI=1S/C37H40Cl2N8O4/c1-2-3-4-5-16-47-36(48)46(27-42-47)31-9-7-29(8-10-31)43-17-19-44(20-18-43)30-11-13-32(14-12-30)49-22-33-23-50-37(51-33,24-45-26-40-25-41-45)34-15-6-28(38)21-35(34)39/h3-4,6-15,21,25-27,33H,2,5,16-20,22-24H2,1H3/b4-3+. The van der Waals surface area contributed by atoms with E-state index in [0.717, 1.165) is 61.8 Å². The van der Waals surface area contributed by atoms with Crippen molar-refractivity contribution in [1.29, 1.82) is 0 Å². The van der Waals surface area contributed by atoms with Gasteiger partial charge < -0.3 is 24.0 Å². The van der Waals surface area contributed by atoms with E-state index < -0.39 is 5.79 Å². The number of halogens is 2. The molecule has 0 spiro atoms. The van der Waals surface area contributed by atoms with Gasteiger partial charge in [0.1, 0.15) is 44.0 Å². The minimum atomic E-state index is -1.16. The van der Waals surface area contributed by atoms with E-state index in [0.29, 0.717) is 35.4 Å². The predicted octanol–water partition coefficient (Wildman–Crippen LogP) is 5.96. The summed E-state index contributed by atoms with van der Waals surface area (Å²) in [4.78, 5) is 21.6. The number of hydrogen-bond acceptors (Lipinski definition) is 9. The molecular formula is C37H40Cl2N8O4. The first kappa shape index (κ1) is 34.8. The van der Waals surface area contributed by atoms with E-state index in [2.05, 4.69) is 68.3 Å². The number of aryl methyl sites for hydroxylation is 1. The zero-order valence-electron chi connectivity index (χ0n) is 28.4. The van der Waals surface area contributed by atoms with E-state index in [1.807, 2.05) is 30.3 Å². The third-order valence-electron chi connectivity index (χ3n) is 9.09. The molecule has 14 heteroatoms. The average Bonchev–Trinajstić information content (AvgIpc) is 3.91. The fourth-order valence-electron chi connectivity index (χ4n) is 6.42. The lowest BCUT2D eigenvalue weighted by atomic mass is 10.1. The fourth-order valence-corrected chi connectivity index (χ4v) is 6.97. The Labute approximate surface area is 306 Å². The van der Waals surface area contributed by atoms with Gasteiger partial charge in [-0.1, -0.05) is 48.3 Å². The third-order valence-corrected chi connectivity index (χ3v) is 9.64. The highest BCUT2D eigenvalue weighted by Crippen LogP contribution is 2.40. The summed E-state index contributed by atoms with van der Waals surface area (Å²) in [5, 5.41) is 9.50. The zero-order valence-corrected chi connectivity index (χ0v) is 29.9. The maximum Gasteiger partial charge on any atom is 0.350 e. The summed E-state index contributed by atoms with van der Waals surface area (Å²) in [6.45, 7) is 7.08. The van der Waals surface area contributed by atoms with Gasteiger partial charge in [-0.3, -0.25) is 0 Å². The SMILES string of the molecule is CC/C=C/CCn1ncn(-c2ccc(N3CCN(c4ccc(OCC5COC(Cn6cncn6)(c6ccc(Cl)cc6Cl)O5)cc4)CC3)cc2)c1=O. The number of piperazine rings is 1. The van der Waals surface area contributed by atoms with Gasteiger partial charge in [-0.15, -0.1) is 0 Å². The first-order valence-corrected chi connectivity index (χ1v) is 17.9. The Hall–Kier alpha value is -4.62. The van der Waals surface area contributed by atoms with Crippen molar-refractivity contribution in [3.05, 3.63) is 124 Å². The summed E-state index contributed by atoms with van der Waals surface area (Å²) in [5.41, 5.74) is 3.63. The monoisotopic (exact) mass is 730 g/mol. The molecule has 0 amide bonds. The normalized spacial score (nSPS) is 19.3. The van der Waals surface area contributed by atoms with Gasteiger partial charge in [-0.2, -0.15) is 10.2 Å². The quantitative estimate of drug-likeness (QED) is 0.136. The molecule has 7 rings (SSSR count). The van der Waals surface area contributed by atoms with Crippen LogP contribution in [0.25, 0.3) is 5.69 Å². The van der Waals surface area contributed by atoms with Gasteiger partial charge in [0, 0.05) is 54.7 Å². The molecule has 2 aliphatic heterocycles. The van der Waals surface area contributed by atoms with Crippen LogP contribution < -0.4 is 20.2 Å². The molecule has 12 nitrogen and oxygen atoms in total. The first-order chi connectivity index (χ1) is 24.9. The summed E-state index contributed by atoms with van der Waals surface area (Å²) in [6.07, 6.45) is 10.3. The molecular weight excluding hydrogens is 691 g/mol. The van der Waals surface area contributed by atoms with Crippen LogP contribution in [0.5, 0.6) is 5.75 Å². The van der Waals surface area contributed by atoms with Crippen LogP contribution in [0.1, 0.15) is 25.3 Å². The van der Waals surface area contributed by atoms with E-state index >= 15 is 0 Å². The van der Waals surface area contributed by atoms with Crippen molar-refractivity contribution < 1.29 is 14.2 Å². The third kappa shape index (κ3) is 7.99. The molecule has 0 N–H and O–H groups in total. The number of hydrogen-bond donors (Lipinski definition) is 0. The van der Waals surface area contributed by atoms with Crippen LogP contribution in [0, 0.1) is 0 Å². The molecule has 2 aliphatic rings. The molecule has 266 valence electrons. The van der Waals surface area contributed by atoms with Crippen LogP contribution in [0.4, 0.5) is 11.4 Å². The summed E-state index contributed by atoms with van der Waals surface area (Å²) < 4.78 is 23.6. The molecule has 5 aromatic rings. The highest BCUT2D eigenvalue weighted by molar-refractivity contribution is 6.35. The van der Waals surface area contributed by atoms with Gasteiger partial charge in [0.2, 0.25) is 5.79 Å². The van der Waals surface area contributed by atoms with Crippen molar-refractivity contribution in [2.75, 3.05) is 49.2 Å². The summed E-state index contributed by atoms with van der Waals surface area (Å²) >= 11 is 12.7. The van der Waals surface area contributed by atoms with Crippen LogP contribution in [0.15, 0.2) is 103 Å². The van der Waals surface area contributed by atoms with Gasteiger partial charge in [-0.25, -0.2) is 23.7 Å². The van der Waals surface area contributed by atoms with Crippen molar-refractivity contribution in [2.24, 2.45) is 0 Å². The van der Waals surface area contributed by atoms with Crippen LogP contribution in [-0.2, 0) is 28.4 Å². The Morgan fingerprint density at radius 1 is 0.902 bits per heavy atom. The molecule has 2 fully saturated rings. The van der Waals surface area contributed by atoms with Crippen LogP contribution in [0.2, 0.25) is 10.0 Å². The Balaban J connectivity index is 0.908.